The second-order valence-corrected chi connectivity index (χ2v) is 7.99. The van der Waals surface area contributed by atoms with Crippen LogP contribution in [0.1, 0.15) is 10.4 Å². The molecule has 1 N–H and O–H groups in total. The highest BCUT2D eigenvalue weighted by atomic mass is 35.5. The van der Waals surface area contributed by atoms with E-state index in [9.17, 15) is 8.42 Å². The van der Waals surface area contributed by atoms with Crippen LogP contribution in [-0.4, -0.2) is 28.0 Å². The van der Waals surface area contributed by atoms with Crippen LogP contribution >= 0.6 is 11.6 Å². The van der Waals surface area contributed by atoms with Gasteiger partial charge in [0.25, 0.3) is 10.1 Å². The SMILES string of the molecule is O=S(=O)(O)C([SiH2]CCl)c1ccccc1. The second kappa shape index (κ2) is 4.93. The van der Waals surface area contributed by atoms with E-state index in [1.165, 1.54) is 0 Å². The van der Waals surface area contributed by atoms with Crippen molar-refractivity contribution in [1.82, 2.24) is 0 Å². The Morgan fingerprint density at radius 2 is 1.93 bits per heavy atom. The molecule has 1 aromatic rings. The molecule has 1 aromatic carbocycles. The summed E-state index contributed by atoms with van der Waals surface area (Å²) in [4.78, 5) is -0.777. The molecule has 0 saturated carbocycles. The third-order valence-electron chi connectivity index (χ3n) is 1.90. The Morgan fingerprint density at radius 3 is 2.36 bits per heavy atom. The summed E-state index contributed by atoms with van der Waals surface area (Å²) < 4.78 is 31.1. The zero-order chi connectivity index (χ0) is 10.6. The highest BCUT2D eigenvalue weighted by molar-refractivity contribution is 7.87. The topological polar surface area (TPSA) is 54.4 Å². The summed E-state index contributed by atoms with van der Waals surface area (Å²) in [5, 5.41) is 0. The molecule has 0 saturated heterocycles. The molecule has 78 valence electrons. The van der Waals surface area contributed by atoms with Crippen LogP contribution in [0.5, 0.6) is 0 Å². The van der Waals surface area contributed by atoms with E-state index in [4.69, 9.17) is 16.2 Å². The van der Waals surface area contributed by atoms with E-state index < -0.39 is 24.5 Å². The Hall–Kier alpha value is -0.363. The van der Waals surface area contributed by atoms with Crippen molar-refractivity contribution in [3.05, 3.63) is 35.9 Å². The molecular weight excluding hydrogens is 240 g/mol. The monoisotopic (exact) mass is 250 g/mol. The summed E-state index contributed by atoms with van der Waals surface area (Å²) in [6.07, 6.45) is 0. The first-order valence-electron chi connectivity index (χ1n) is 4.13. The van der Waals surface area contributed by atoms with E-state index in [-0.39, 0.29) is 0 Å². The number of hydrogen-bond donors (Lipinski definition) is 1. The molecule has 0 spiro atoms. The Morgan fingerprint density at radius 1 is 1.36 bits per heavy atom. The van der Waals surface area contributed by atoms with E-state index in [1.807, 2.05) is 0 Å². The van der Waals surface area contributed by atoms with Crippen LogP contribution in [0, 0.1) is 0 Å². The lowest BCUT2D eigenvalue weighted by Crippen LogP contribution is -2.19. The lowest BCUT2D eigenvalue weighted by Gasteiger charge is -2.11. The Labute approximate surface area is 90.7 Å². The average molecular weight is 251 g/mol. The maximum atomic E-state index is 11.1. The van der Waals surface area contributed by atoms with Crippen LogP contribution < -0.4 is 0 Å². The fraction of sp³-hybridized carbons (Fsp3) is 0.250. The predicted octanol–water partition coefficient (Wildman–Crippen LogP) is 0.938. The summed E-state index contributed by atoms with van der Waals surface area (Å²) in [5.41, 5.74) is 0.960. The van der Waals surface area contributed by atoms with Gasteiger partial charge in [-0.25, -0.2) is 0 Å². The molecule has 1 unspecified atom stereocenters. The maximum Gasteiger partial charge on any atom is 0.268 e. The summed E-state index contributed by atoms with van der Waals surface area (Å²) in [5.74, 6) is 0. The number of rotatable bonds is 4. The number of benzene rings is 1. The summed E-state index contributed by atoms with van der Waals surface area (Å²) in [6.45, 7) is 0. The predicted molar refractivity (Wildman–Crippen MR) is 60.0 cm³/mol. The molecule has 0 fully saturated rings. The maximum absolute atomic E-state index is 11.1. The second-order valence-electron chi connectivity index (χ2n) is 2.89. The largest absolute Gasteiger partial charge is 0.285 e. The number of hydrogen-bond acceptors (Lipinski definition) is 2. The minimum absolute atomic E-state index is 0.333. The van der Waals surface area contributed by atoms with Gasteiger partial charge in [0.05, 0.1) is 14.4 Å². The minimum Gasteiger partial charge on any atom is -0.285 e. The van der Waals surface area contributed by atoms with E-state index in [1.54, 1.807) is 30.3 Å². The molecule has 0 aromatic heterocycles. The molecule has 0 aliphatic rings. The smallest absolute Gasteiger partial charge is 0.268 e. The van der Waals surface area contributed by atoms with Crippen LogP contribution in [0.4, 0.5) is 0 Å². The Balaban J connectivity index is 3.02. The van der Waals surface area contributed by atoms with Crippen molar-refractivity contribution in [2.24, 2.45) is 0 Å². The lowest BCUT2D eigenvalue weighted by atomic mass is 10.2. The van der Waals surface area contributed by atoms with Gasteiger partial charge in [0.2, 0.25) is 0 Å². The van der Waals surface area contributed by atoms with Gasteiger partial charge in [0.1, 0.15) is 0 Å². The first-order valence-corrected chi connectivity index (χ1v) is 7.98. The number of alkyl halides is 1. The van der Waals surface area contributed by atoms with E-state index in [2.05, 4.69) is 0 Å². The van der Waals surface area contributed by atoms with Crippen molar-refractivity contribution in [3.8, 4) is 0 Å². The van der Waals surface area contributed by atoms with Crippen molar-refractivity contribution < 1.29 is 13.0 Å². The van der Waals surface area contributed by atoms with Crippen LogP contribution in [0.2, 0.25) is 0 Å². The molecule has 1 atom stereocenters. The normalized spacial score (nSPS) is 14.7. The van der Waals surface area contributed by atoms with Crippen molar-refractivity contribution in [1.29, 1.82) is 0 Å². The zero-order valence-electron chi connectivity index (χ0n) is 7.43. The van der Waals surface area contributed by atoms with Gasteiger partial charge in [-0.1, -0.05) is 30.3 Å². The average Bonchev–Trinajstić information content (AvgIpc) is 2.14. The molecule has 0 aliphatic carbocycles. The fourth-order valence-electron chi connectivity index (χ4n) is 1.25. The van der Waals surface area contributed by atoms with Crippen molar-refractivity contribution in [2.45, 2.75) is 4.87 Å². The number of halogens is 1. The molecular formula is C8H11ClO3SSi. The van der Waals surface area contributed by atoms with Gasteiger partial charge in [-0.05, 0) is 5.56 Å². The quantitative estimate of drug-likeness (QED) is 0.492. The molecule has 0 heterocycles. The van der Waals surface area contributed by atoms with Gasteiger partial charge < -0.3 is 0 Å². The van der Waals surface area contributed by atoms with E-state index in [0.717, 1.165) is 0 Å². The minimum atomic E-state index is -4.00. The molecule has 0 amide bonds. The summed E-state index contributed by atoms with van der Waals surface area (Å²) >= 11 is 5.54. The standard InChI is InChI=1S/C8H11ClO3SSi/c9-6-14-8(13(10,11)12)7-4-2-1-3-5-7/h1-5,8H,6,14H2,(H,10,11,12). The lowest BCUT2D eigenvalue weighted by molar-refractivity contribution is 0.480. The fourth-order valence-corrected chi connectivity index (χ4v) is 5.15. The van der Waals surface area contributed by atoms with Crippen LogP contribution in [-0.2, 0) is 10.1 Å². The Kier molecular flexibility index (Phi) is 4.12. The van der Waals surface area contributed by atoms with Gasteiger partial charge in [-0.2, -0.15) is 8.42 Å². The first kappa shape index (κ1) is 11.7. The van der Waals surface area contributed by atoms with Gasteiger partial charge in [0.15, 0.2) is 0 Å². The zero-order valence-corrected chi connectivity index (χ0v) is 10.4. The van der Waals surface area contributed by atoms with Crippen LogP contribution in [0.25, 0.3) is 0 Å². The van der Waals surface area contributed by atoms with Crippen LogP contribution in [0.15, 0.2) is 30.3 Å². The Bertz CT molecular complexity index is 379. The third kappa shape index (κ3) is 3.09. The first-order chi connectivity index (χ1) is 6.55. The summed E-state index contributed by atoms with van der Waals surface area (Å²) in [6, 6.07) is 8.68. The molecule has 6 heteroatoms. The van der Waals surface area contributed by atoms with Gasteiger partial charge in [0, 0.05) is 5.50 Å². The summed E-state index contributed by atoms with van der Waals surface area (Å²) in [7, 11) is -5.04. The molecule has 1 rings (SSSR count). The van der Waals surface area contributed by atoms with Gasteiger partial charge >= 0.3 is 0 Å². The molecule has 14 heavy (non-hydrogen) atoms. The highest BCUT2D eigenvalue weighted by Crippen LogP contribution is 2.19. The van der Waals surface area contributed by atoms with Gasteiger partial charge in [-0.15, -0.1) is 11.6 Å². The van der Waals surface area contributed by atoms with E-state index >= 15 is 0 Å². The third-order valence-corrected chi connectivity index (χ3v) is 6.73. The van der Waals surface area contributed by atoms with E-state index in [0.29, 0.717) is 11.1 Å². The highest BCUT2D eigenvalue weighted by Gasteiger charge is 2.24. The van der Waals surface area contributed by atoms with Crippen molar-refractivity contribution in [2.75, 3.05) is 5.50 Å². The molecule has 0 bridgehead atoms. The molecule has 0 aliphatic heterocycles. The molecule has 3 nitrogen and oxygen atoms in total. The van der Waals surface area contributed by atoms with Crippen LogP contribution in [0.3, 0.4) is 0 Å². The van der Waals surface area contributed by atoms with Crippen molar-refractivity contribution >= 4 is 31.2 Å². The van der Waals surface area contributed by atoms with Crippen molar-refractivity contribution in [3.63, 3.8) is 0 Å². The van der Waals surface area contributed by atoms with Gasteiger partial charge in [-0.3, -0.25) is 4.55 Å². The molecule has 0 radical (unpaired) electrons.